The van der Waals surface area contributed by atoms with Crippen molar-refractivity contribution in [3.05, 3.63) is 70.2 Å². The van der Waals surface area contributed by atoms with Gasteiger partial charge in [-0.05, 0) is 42.6 Å². The second-order valence-corrected chi connectivity index (χ2v) is 6.44. The van der Waals surface area contributed by atoms with Crippen molar-refractivity contribution >= 4 is 15.9 Å². The smallest absolute Gasteiger partial charge is 0.0352 e. The topological polar surface area (TPSA) is 3.24 Å². The van der Waals surface area contributed by atoms with E-state index >= 15 is 0 Å². The molecule has 0 amide bonds. The van der Waals surface area contributed by atoms with Crippen molar-refractivity contribution in [2.75, 3.05) is 6.54 Å². The molecule has 0 spiro atoms. The van der Waals surface area contributed by atoms with Crippen LogP contribution in [0, 0.1) is 0 Å². The Morgan fingerprint density at radius 1 is 1.00 bits per heavy atom. The number of hydrogen-bond donors (Lipinski definition) is 0. The first-order valence-electron chi connectivity index (χ1n) is 7.36. The van der Waals surface area contributed by atoms with Crippen LogP contribution in [-0.4, -0.2) is 11.4 Å². The van der Waals surface area contributed by atoms with E-state index in [1.807, 2.05) is 0 Å². The lowest BCUT2D eigenvalue weighted by Crippen LogP contribution is -2.32. The number of rotatable bonds is 3. The van der Waals surface area contributed by atoms with E-state index in [1.165, 1.54) is 41.4 Å². The summed E-state index contributed by atoms with van der Waals surface area (Å²) in [6.45, 7) is 2.25. The van der Waals surface area contributed by atoms with Gasteiger partial charge in [-0.25, -0.2) is 0 Å². The van der Waals surface area contributed by atoms with Gasteiger partial charge >= 0.3 is 0 Å². The molecule has 1 saturated heterocycles. The van der Waals surface area contributed by atoms with Crippen LogP contribution >= 0.6 is 15.9 Å². The zero-order chi connectivity index (χ0) is 13.8. The molecule has 1 fully saturated rings. The van der Waals surface area contributed by atoms with Gasteiger partial charge in [0.2, 0.25) is 0 Å². The number of benzene rings is 2. The van der Waals surface area contributed by atoms with Crippen LogP contribution in [0.3, 0.4) is 0 Å². The molecule has 1 nitrogen and oxygen atoms in total. The van der Waals surface area contributed by atoms with Crippen LogP contribution in [0.2, 0.25) is 0 Å². The normalized spacial score (nSPS) is 19.9. The lowest BCUT2D eigenvalue weighted by atomic mass is 9.95. The molecule has 0 aromatic heterocycles. The summed E-state index contributed by atoms with van der Waals surface area (Å²) in [4.78, 5) is 2.63. The monoisotopic (exact) mass is 329 g/mol. The standard InChI is InChI=1S/C18H20BrN/c19-17-10-6-9-16(13-17)18-11-4-5-12-20(18)14-15-7-2-1-3-8-15/h1-3,6-10,13,18H,4-5,11-12,14H2. The van der Waals surface area contributed by atoms with Crippen molar-refractivity contribution in [3.63, 3.8) is 0 Å². The first-order chi connectivity index (χ1) is 9.83. The Balaban J connectivity index is 1.80. The lowest BCUT2D eigenvalue weighted by Gasteiger charge is -2.36. The Kier molecular flexibility index (Phi) is 4.54. The highest BCUT2D eigenvalue weighted by atomic mass is 79.9. The maximum atomic E-state index is 3.60. The maximum absolute atomic E-state index is 3.60. The molecular formula is C18H20BrN. The van der Waals surface area contributed by atoms with Gasteiger partial charge in [0.15, 0.2) is 0 Å². The predicted octanol–water partition coefficient (Wildman–Crippen LogP) is 5.18. The fourth-order valence-corrected chi connectivity index (χ4v) is 3.51. The van der Waals surface area contributed by atoms with Crippen LogP contribution in [0.4, 0.5) is 0 Å². The fraction of sp³-hybridized carbons (Fsp3) is 0.333. The summed E-state index contributed by atoms with van der Waals surface area (Å²) in [6, 6.07) is 20.2. The summed E-state index contributed by atoms with van der Waals surface area (Å²) in [6.07, 6.45) is 3.92. The Morgan fingerprint density at radius 2 is 1.85 bits per heavy atom. The maximum Gasteiger partial charge on any atom is 0.0352 e. The van der Waals surface area contributed by atoms with Crippen LogP contribution < -0.4 is 0 Å². The minimum absolute atomic E-state index is 0.557. The zero-order valence-electron chi connectivity index (χ0n) is 11.6. The Morgan fingerprint density at radius 3 is 2.65 bits per heavy atom. The summed E-state index contributed by atoms with van der Waals surface area (Å²) < 4.78 is 1.18. The number of likely N-dealkylation sites (tertiary alicyclic amines) is 1. The summed E-state index contributed by atoms with van der Waals surface area (Å²) in [7, 11) is 0. The van der Waals surface area contributed by atoms with E-state index in [0.29, 0.717) is 6.04 Å². The van der Waals surface area contributed by atoms with E-state index in [1.54, 1.807) is 0 Å². The quantitative estimate of drug-likeness (QED) is 0.750. The molecule has 2 heteroatoms. The van der Waals surface area contributed by atoms with Gasteiger partial charge in [0.25, 0.3) is 0 Å². The largest absolute Gasteiger partial charge is 0.292 e. The van der Waals surface area contributed by atoms with Gasteiger partial charge in [-0.1, -0.05) is 64.8 Å². The number of nitrogens with zero attached hydrogens (tertiary/aromatic N) is 1. The molecule has 1 unspecified atom stereocenters. The van der Waals surface area contributed by atoms with Crippen molar-refractivity contribution < 1.29 is 0 Å². The SMILES string of the molecule is Brc1cccc(C2CCCCN2Cc2ccccc2)c1. The molecule has 0 bridgehead atoms. The average molecular weight is 330 g/mol. The van der Waals surface area contributed by atoms with Crippen LogP contribution in [0.15, 0.2) is 59.1 Å². The Bertz CT molecular complexity index is 552. The van der Waals surface area contributed by atoms with Crippen molar-refractivity contribution in [3.8, 4) is 0 Å². The predicted molar refractivity (Wildman–Crippen MR) is 87.6 cm³/mol. The van der Waals surface area contributed by atoms with E-state index in [4.69, 9.17) is 0 Å². The molecule has 1 atom stereocenters. The molecule has 0 saturated carbocycles. The van der Waals surface area contributed by atoms with Gasteiger partial charge in [0.1, 0.15) is 0 Å². The van der Waals surface area contributed by atoms with Gasteiger partial charge in [0, 0.05) is 17.1 Å². The Hall–Kier alpha value is -1.12. The number of hydrogen-bond acceptors (Lipinski definition) is 1. The molecule has 1 heterocycles. The van der Waals surface area contributed by atoms with Crippen molar-refractivity contribution in [2.24, 2.45) is 0 Å². The minimum atomic E-state index is 0.557. The zero-order valence-corrected chi connectivity index (χ0v) is 13.2. The first kappa shape index (κ1) is 13.8. The highest BCUT2D eigenvalue weighted by Gasteiger charge is 2.23. The summed E-state index contributed by atoms with van der Waals surface area (Å²) in [5.41, 5.74) is 2.85. The van der Waals surface area contributed by atoms with Gasteiger partial charge in [-0.15, -0.1) is 0 Å². The fourth-order valence-electron chi connectivity index (χ4n) is 3.09. The molecule has 104 valence electrons. The highest BCUT2D eigenvalue weighted by molar-refractivity contribution is 9.10. The van der Waals surface area contributed by atoms with E-state index in [2.05, 4.69) is 75.4 Å². The molecule has 0 aliphatic carbocycles. The second kappa shape index (κ2) is 6.55. The Labute approximate surface area is 129 Å². The van der Waals surface area contributed by atoms with Gasteiger partial charge < -0.3 is 0 Å². The molecule has 2 aromatic carbocycles. The molecular weight excluding hydrogens is 310 g/mol. The minimum Gasteiger partial charge on any atom is -0.292 e. The highest BCUT2D eigenvalue weighted by Crippen LogP contribution is 2.33. The van der Waals surface area contributed by atoms with Crippen LogP contribution in [0.1, 0.15) is 36.4 Å². The van der Waals surface area contributed by atoms with Crippen molar-refractivity contribution in [1.29, 1.82) is 0 Å². The van der Waals surface area contributed by atoms with Gasteiger partial charge in [-0.3, -0.25) is 4.90 Å². The van der Waals surface area contributed by atoms with Crippen molar-refractivity contribution in [1.82, 2.24) is 4.90 Å². The third kappa shape index (κ3) is 3.31. The molecule has 1 aliphatic rings. The summed E-state index contributed by atoms with van der Waals surface area (Å²) in [5, 5.41) is 0. The third-order valence-electron chi connectivity index (χ3n) is 4.08. The second-order valence-electron chi connectivity index (χ2n) is 5.52. The van der Waals surface area contributed by atoms with Crippen molar-refractivity contribution in [2.45, 2.75) is 31.8 Å². The summed E-state index contributed by atoms with van der Waals surface area (Å²) >= 11 is 3.60. The third-order valence-corrected chi connectivity index (χ3v) is 4.57. The molecule has 2 aromatic rings. The average Bonchev–Trinajstić information content (AvgIpc) is 2.49. The lowest BCUT2D eigenvalue weighted by molar-refractivity contribution is 0.140. The molecule has 0 radical (unpaired) electrons. The molecule has 0 N–H and O–H groups in total. The molecule has 20 heavy (non-hydrogen) atoms. The molecule has 1 aliphatic heterocycles. The van der Waals surface area contributed by atoms with Crippen LogP contribution in [-0.2, 0) is 6.54 Å². The van der Waals surface area contributed by atoms with E-state index in [9.17, 15) is 0 Å². The molecule has 3 rings (SSSR count). The van der Waals surface area contributed by atoms with E-state index in [0.717, 1.165) is 6.54 Å². The van der Waals surface area contributed by atoms with Gasteiger partial charge in [0.05, 0.1) is 0 Å². The van der Waals surface area contributed by atoms with Gasteiger partial charge in [-0.2, -0.15) is 0 Å². The van der Waals surface area contributed by atoms with Crippen LogP contribution in [0.25, 0.3) is 0 Å². The first-order valence-corrected chi connectivity index (χ1v) is 8.16. The number of piperidine rings is 1. The summed E-state index contributed by atoms with van der Waals surface area (Å²) in [5.74, 6) is 0. The van der Waals surface area contributed by atoms with Crippen LogP contribution in [0.5, 0.6) is 0 Å². The number of halogens is 1. The van der Waals surface area contributed by atoms with E-state index in [-0.39, 0.29) is 0 Å². The van der Waals surface area contributed by atoms with E-state index < -0.39 is 0 Å².